The lowest BCUT2D eigenvalue weighted by molar-refractivity contribution is -0.118. The summed E-state index contributed by atoms with van der Waals surface area (Å²) in [5, 5.41) is 14.2. The van der Waals surface area contributed by atoms with E-state index < -0.39 is 0 Å². The molecule has 9 heteroatoms. The molecule has 1 saturated heterocycles. The molecule has 3 N–H and O–H groups in total. The van der Waals surface area contributed by atoms with Crippen LogP contribution in [0.4, 0.5) is 23.0 Å². The Balaban J connectivity index is 1.39. The summed E-state index contributed by atoms with van der Waals surface area (Å²) in [7, 11) is 0. The highest BCUT2D eigenvalue weighted by Crippen LogP contribution is 2.33. The fourth-order valence-corrected chi connectivity index (χ4v) is 4.52. The third-order valence-corrected chi connectivity index (χ3v) is 6.42. The Hall–Kier alpha value is -4.14. The van der Waals surface area contributed by atoms with Gasteiger partial charge in [0.2, 0.25) is 11.8 Å². The molecule has 0 bridgehead atoms. The van der Waals surface area contributed by atoms with Gasteiger partial charge in [0.1, 0.15) is 11.6 Å². The first-order valence-corrected chi connectivity index (χ1v) is 11.5. The van der Waals surface area contributed by atoms with Gasteiger partial charge < -0.3 is 20.9 Å². The largest absolute Gasteiger partial charge is 0.367 e. The Morgan fingerprint density at radius 3 is 2.88 bits per heavy atom. The number of carbonyl (C=O) groups is 2. The zero-order valence-corrected chi connectivity index (χ0v) is 18.9. The van der Waals surface area contributed by atoms with E-state index in [1.165, 1.54) is 5.56 Å². The van der Waals surface area contributed by atoms with E-state index in [4.69, 9.17) is 4.98 Å². The van der Waals surface area contributed by atoms with Crippen LogP contribution < -0.4 is 20.9 Å². The molecule has 2 fully saturated rings. The number of rotatable bonds is 5. The van der Waals surface area contributed by atoms with E-state index >= 15 is 0 Å². The highest BCUT2D eigenvalue weighted by Gasteiger charge is 2.25. The molecule has 172 valence electrons. The van der Waals surface area contributed by atoms with Crippen LogP contribution in [0.1, 0.15) is 37.3 Å². The van der Waals surface area contributed by atoms with Gasteiger partial charge in [-0.15, -0.1) is 0 Å². The molecule has 1 aromatic carbocycles. The molecule has 2 aromatic heterocycles. The maximum Gasteiger partial charge on any atom is 0.228 e. The average Bonchev–Trinajstić information content (AvgIpc) is 3.21. The van der Waals surface area contributed by atoms with E-state index in [9.17, 15) is 9.59 Å². The van der Waals surface area contributed by atoms with Crippen molar-refractivity contribution in [3.8, 4) is 0 Å². The van der Waals surface area contributed by atoms with Crippen LogP contribution in [0.5, 0.6) is 0 Å². The van der Waals surface area contributed by atoms with Crippen molar-refractivity contribution in [3.63, 3.8) is 0 Å². The number of allylic oxidation sites excluding steroid dienone is 1. The van der Waals surface area contributed by atoms with Crippen LogP contribution in [0, 0.1) is 0 Å². The van der Waals surface area contributed by atoms with Crippen molar-refractivity contribution < 1.29 is 9.59 Å². The summed E-state index contributed by atoms with van der Waals surface area (Å²) in [6.45, 7) is 6.24. The average molecular weight is 456 g/mol. The summed E-state index contributed by atoms with van der Waals surface area (Å²) < 4.78 is 1.79. The van der Waals surface area contributed by atoms with E-state index in [1.54, 1.807) is 17.6 Å². The van der Waals surface area contributed by atoms with Crippen LogP contribution in [0.2, 0.25) is 0 Å². The molecular formula is C25H25N7O2. The fourth-order valence-electron chi connectivity index (χ4n) is 4.52. The molecule has 4 heterocycles. The van der Waals surface area contributed by atoms with Gasteiger partial charge in [-0.2, -0.15) is 9.61 Å². The second-order valence-corrected chi connectivity index (χ2v) is 9.04. The predicted molar refractivity (Wildman–Crippen MR) is 131 cm³/mol. The third-order valence-electron chi connectivity index (χ3n) is 6.42. The minimum Gasteiger partial charge on any atom is -0.367 e. The highest BCUT2D eigenvalue weighted by atomic mass is 16.2. The topological polar surface area (TPSA) is 104 Å². The Kier molecular flexibility index (Phi) is 4.65. The molecule has 3 aliphatic rings. The van der Waals surface area contributed by atoms with Gasteiger partial charge in [-0.1, -0.05) is 12.6 Å². The first kappa shape index (κ1) is 20.5. The van der Waals surface area contributed by atoms with Crippen molar-refractivity contribution in [1.82, 2.24) is 19.9 Å². The van der Waals surface area contributed by atoms with Crippen LogP contribution in [-0.4, -0.2) is 39.0 Å². The van der Waals surface area contributed by atoms with Crippen molar-refractivity contribution in [2.45, 2.75) is 38.6 Å². The second kappa shape index (κ2) is 7.72. The molecule has 3 aromatic rings. The number of anilines is 4. The standard InChI is InChI=1S/C25H25N7O2/c1-14-17(10-24(34)27-14)9-18-13-26-32-23(29-19-5-6-19)12-22(30-25(18)32)28-20-4-3-16-7-8-31(15(2)33)21(16)11-20/h3-4,9,11-13,19,29H,1,5-8,10H2,2H3,(H,27,34)(H,28,30)/b17-9+. The van der Waals surface area contributed by atoms with Gasteiger partial charge in [0.25, 0.3) is 0 Å². The Bertz CT molecular complexity index is 1400. The normalized spacial score (nSPS) is 18.5. The molecule has 6 rings (SSSR count). The molecule has 0 radical (unpaired) electrons. The number of benzene rings is 1. The molecule has 1 saturated carbocycles. The quantitative estimate of drug-likeness (QED) is 0.545. The van der Waals surface area contributed by atoms with Crippen molar-refractivity contribution in [2.75, 3.05) is 22.1 Å². The van der Waals surface area contributed by atoms with Gasteiger partial charge in [-0.05, 0) is 48.6 Å². The van der Waals surface area contributed by atoms with Crippen LogP contribution in [-0.2, 0) is 16.0 Å². The number of hydrogen-bond donors (Lipinski definition) is 3. The maximum absolute atomic E-state index is 12.0. The van der Waals surface area contributed by atoms with E-state index in [2.05, 4.69) is 33.7 Å². The fraction of sp³-hybridized carbons (Fsp3) is 0.280. The summed E-state index contributed by atoms with van der Waals surface area (Å²) in [6, 6.07) is 8.46. The maximum atomic E-state index is 12.0. The molecule has 1 aliphatic carbocycles. The molecular weight excluding hydrogens is 430 g/mol. The molecule has 34 heavy (non-hydrogen) atoms. The summed E-state index contributed by atoms with van der Waals surface area (Å²) in [4.78, 5) is 30.4. The number of nitrogens with zero attached hydrogens (tertiary/aromatic N) is 4. The zero-order valence-electron chi connectivity index (χ0n) is 18.9. The van der Waals surface area contributed by atoms with Gasteiger partial charge in [0, 0.05) is 48.2 Å². The molecule has 0 atom stereocenters. The SMILES string of the molecule is C=C1NC(=O)C/C1=C\c1cnn2c(NC3CC3)cc(Nc3ccc4c(c3)N(C(C)=O)CC4)nc12. The summed E-state index contributed by atoms with van der Waals surface area (Å²) in [6.07, 6.45) is 7.09. The van der Waals surface area contributed by atoms with Crippen molar-refractivity contribution in [1.29, 1.82) is 0 Å². The molecule has 0 unspecified atom stereocenters. The minimum absolute atomic E-state index is 0.0461. The molecule has 9 nitrogen and oxygen atoms in total. The predicted octanol–water partition coefficient (Wildman–Crippen LogP) is 3.37. The van der Waals surface area contributed by atoms with Crippen LogP contribution in [0.3, 0.4) is 0 Å². The number of carbonyl (C=O) groups excluding carboxylic acids is 2. The number of aromatic nitrogens is 3. The summed E-state index contributed by atoms with van der Waals surface area (Å²) >= 11 is 0. The van der Waals surface area contributed by atoms with Crippen LogP contribution in [0.25, 0.3) is 11.7 Å². The van der Waals surface area contributed by atoms with Gasteiger partial charge >= 0.3 is 0 Å². The Morgan fingerprint density at radius 1 is 1.29 bits per heavy atom. The van der Waals surface area contributed by atoms with Crippen LogP contribution >= 0.6 is 0 Å². The van der Waals surface area contributed by atoms with Gasteiger partial charge in [-0.3, -0.25) is 9.59 Å². The summed E-state index contributed by atoms with van der Waals surface area (Å²) in [5.41, 5.74) is 5.92. The zero-order chi connectivity index (χ0) is 23.4. The highest BCUT2D eigenvalue weighted by molar-refractivity contribution is 5.94. The van der Waals surface area contributed by atoms with Gasteiger partial charge in [0.05, 0.1) is 12.6 Å². The van der Waals surface area contributed by atoms with E-state index in [0.717, 1.165) is 47.6 Å². The molecule has 0 spiro atoms. The van der Waals surface area contributed by atoms with E-state index in [-0.39, 0.29) is 11.8 Å². The lowest BCUT2D eigenvalue weighted by Crippen LogP contribution is -2.25. The lowest BCUT2D eigenvalue weighted by Gasteiger charge is -2.16. The smallest absolute Gasteiger partial charge is 0.228 e. The molecule has 2 amide bonds. The third kappa shape index (κ3) is 3.68. The summed E-state index contributed by atoms with van der Waals surface area (Å²) in [5.74, 6) is 1.51. The molecule has 2 aliphatic heterocycles. The van der Waals surface area contributed by atoms with Gasteiger partial charge in [-0.25, -0.2) is 4.98 Å². The van der Waals surface area contributed by atoms with Crippen LogP contribution in [0.15, 0.2) is 48.3 Å². The Morgan fingerprint density at radius 2 is 2.15 bits per heavy atom. The number of nitrogens with one attached hydrogen (secondary N) is 3. The first-order valence-electron chi connectivity index (χ1n) is 11.5. The lowest BCUT2D eigenvalue weighted by atomic mass is 10.1. The number of hydrogen-bond acceptors (Lipinski definition) is 6. The number of amides is 2. The minimum atomic E-state index is -0.0599. The first-order chi connectivity index (χ1) is 16.4. The Labute approximate surface area is 196 Å². The van der Waals surface area contributed by atoms with Crippen molar-refractivity contribution in [2.24, 2.45) is 0 Å². The van der Waals surface area contributed by atoms with Gasteiger partial charge in [0.15, 0.2) is 5.65 Å². The van der Waals surface area contributed by atoms with E-state index in [1.807, 2.05) is 29.2 Å². The van der Waals surface area contributed by atoms with Crippen molar-refractivity contribution in [3.05, 3.63) is 59.4 Å². The number of fused-ring (bicyclic) bond motifs is 2. The monoisotopic (exact) mass is 455 g/mol. The second-order valence-electron chi connectivity index (χ2n) is 9.04. The van der Waals surface area contributed by atoms with Crippen molar-refractivity contribution >= 4 is 46.5 Å². The van der Waals surface area contributed by atoms with E-state index in [0.29, 0.717) is 36.2 Å².